The van der Waals surface area contributed by atoms with Gasteiger partial charge in [0, 0.05) is 12.1 Å². The number of hydrogen-bond donors (Lipinski definition) is 1. The van der Waals surface area contributed by atoms with E-state index in [9.17, 15) is 4.39 Å². The van der Waals surface area contributed by atoms with Crippen LogP contribution < -0.4 is 5.32 Å². The first-order chi connectivity index (χ1) is 10.2. The maximum absolute atomic E-state index is 12.9. The first-order valence-corrected chi connectivity index (χ1v) is 6.37. The number of hydrogen-bond acceptors (Lipinski definition) is 6. The second kappa shape index (κ2) is 5.80. The van der Waals surface area contributed by atoms with Crippen LogP contribution in [0.1, 0.15) is 11.5 Å². The molecule has 0 aliphatic rings. The number of nitrogens with zero attached hydrogens (tertiary/aromatic N) is 5. The summed E-state index contributed by atoms with van der Waals surface area (Å²) in [5, 5.41) is 14.9. The van der Waals surface area contributed by atoms with E-state index < -0.39 is 0 Å². The molecule has 2 heterocycles. The molecular weight excluding hydrogens is 275 g/mol. The fourth-order valence-electron chi connectivity index (χ4n) is 1.85. The lowest BCUT2D eigenvalue weighted by molar-refractivity contribution is 0.418. The van der Waals surface area contributed by atoms with E-state index in [4.69, 9.17) is 4.52 Å². The van der Waals surface area contributed by atoms with E-state index in [1.54, 1.807) is 16.8 Å². The summed E-state index contributed by atoms with van der Waals surface area (Å²) >= 11 is 0. The Morgan fingerprint density at radius 2 is 2.10 bits per heavy atom. The Balaban J connectivity index is 1.73. The number of aromatic nitrogens is 5. The molecule has 0 radical (unpaired) electrons. The highest BCUT2D eigenvalue weighted by Crippen LogP contribution is 2.17. The van der Waals surface area contributed by atoms with Gasteiger partial charge in [0.2, 0.25) is 0 Å². The van der Waals surface area contributed by atoms with E-state index in [1.807, 2.05) is 13.2 Å². The maximum Gasteiger partial charge on any atom is 0.257 e. The van der Waals surface area contributed by atoms with Crippen LogP contribution in [0.5, 0.6) is 0 Å². The van der Waals surface area contributed by atoms with E-state index in [2.05, 4.69) is 25.8 Å². The van der Waals surface area contributed by atoms with Gasteiger partial charge in [0.25, 0.3) is 5.89 Å². The second-order valence-electron chi connectivity index (χ2n) is 4.46. The predicted octanol–water partition coefficient (Wildman–Crippen LogP) is 1.23. The third-order valence-electron chi connectivity index (χ3n) is 2.81. The fourth-order valence-corrected chi connectivity index (χ4v) is 1.85. The Labute approximate surface area is 119 Å². The molecule has 1 N–H and O–H groups in total. The minimum absolute atomic E-state index is 0.307. The smallest absolute Gasteiger partial charge is 0.257 e. The molecule has 7 nitrogen and oxygen atoms in total. The SMILES string of the molecule is CNCc1cn(Cc2noc(-c3ccc(F)cc3)n2)nn1. The maximum atomic E-state index is 12.9. The van der Waals surface area contributed by atoms with Crippen LogP contribution in [0.4, 0.5) is 4.39 Å². The minimum atomic E-state index is -0.307. The zero-order valence-electron chi connectivity index (χ0n) is 11.3. The molecule has 0 spiro atoms. The summed E-state index contributed by atoms with van der Waals surface area (Å²) in [4.78, 5) is 4.26. The molecular formula is C13H13FN6O. The lowest BCUT2D eigenvalue weighted by Gasteiger charge is -1.94. The lowest BCUT2D eigenvalue weighted by Crippen LogP contribution is -2.05. The Morgan fingerprint density at radius 1 is 1.29 bits per heavy atom. The lowest BCUT2D eigenvalue weighted by atomic mass is 10.2. The molecule has 3 aromatic rings. The Bertz CT molecular complexity index is 720. The van der Waals surface area contributed by atoms with Crippen molar-refractivity contribution in [2.24, 2.45) is 0 Å². The fraction of sp³-hybridized carbons (Fsp3) is 0.231. The molecule has 0 amide bonds. The number of nitrogens with one attached hydrogen (secondary N) is 1. The highest BCUT2D eigenvalue weighted by molar-refractivity contribution is 5.52. The van der Waals surface area contributed by atoms with Gasteiger partial charge in [-0.25, -0.2) is 9.07 Å². The predicted molar refractivity (Wildman–Crippen MR) is 71.6 cm³/mol. The quantitative estimate of drug-likeness (QED) is 0.760. The van der Waals surface area contributed by atoms with Crippen LogP contribution in [-0.4, -0.2) is 32.2 Å². The van der Waals surface area contributed by atoms with Crippen LogP contribution in [0.25, 0.3) is 11.5 Å². The number of benzene rings is 1. The van der Waals surface area contributed by atoms with Gasteiger partial charge in [0.1, 0.15) is 12.4 Å². The van der Waals surface area contributed by atoms with Crippen molar-refractivity contribution in [1.82, 2.24) is 30.5 Å². The molecule has 2 aromatic heterocycles. The van der Waals surface area contributed by atoms with Crippen molar-refractivity contribution in [2.75, 3.05) is 7.05 Å². The van der Waals surface area contributed by atoms with Crippen molar-refractivity contribution in [2.45, 2.75) is 13.1 Å². The van der Waals surface area contributed by atoms with Crippen LogP contribution in [-0.2, 0) is 13.1 Å². The monoisotopic (exact) mass is 288 g/mol. The molecule has 0 fully saturated rings. The van der Waals surface area contributed by atoms with Gasteiger partial charge >= 0.3 is 0 Å². The van der Waals surface area contributed by atoms with Gasteiger partial charge in [-0.2, -0.15) is 4.98 Å². The zero-order valence-corrected chi connectivity index (χ0v) is 11.3. The Hall–Kier alpha value is -2.61. The molecule has 8 heteroatoms. The van der Waals surface area contributed by atoms with Gasteiger partial charge in [-0.3, -0.25) is 0 Å². The molecule has 0 unspecified atom stereocenters. The van der Waals surface area contributed by atoms with E-state index in [1.165, 1.54) is 12.1 Å². The first-order valence-electron chi connectivity index (χ1n) is 6.37. The zero-order chi connectivity index (χ0) is 14.7. The van der Waals surface area contributed by atoms with Gasteiger partial charge in [0.15, 0.2) is 5.82 Å². The van der Waals surface area contributed by atoms with Crippen molar-refractivity contribution in [3.63, 3.8) is 0 Å². The van der Waals surface area contributed by atoms with Crippen molar-refractivity contribution in [3.8, 4) is 11.5 Å². The summed E-state index contributed by atoms with van der Waals surface area (Å²) < 4.78 is 19.7. The summed E-state index contributed by atoms with van der Waals surface area (Å²) in [7, 11) is 1.84. The van der Waals surface area contributed by atoms with Crippen molar-refractivity contribution in [3.05, 3.63) is 47.8 Å². The van der Waals surface area contributed by atoms with Gasteiger partial charge in [0.05, 0.1) is 11.9 Å². The first kappa shape index (κ1) is 13.4. The van der Waals surface area contributed by atoms with E-state index >= 15 is 0 Å². The molecule has 0 saturated carbocycles. The van der Waals surface area contributed by atoms with E-state index in [0.29, 0.717) is 30.4 Å². The van der Waals surface area contributed by atoms with Gasteiger partial charge < -0.3 is 9.84 Å². The topological polar surface area (TPSA) is 81.7 Å². The number of rotatable bonds is 5. The van der Waals surface area contributed by atoms with E-state index in [-0.39, 0.29) is 5.82 Å². The molecule has 21 heavy (non-hydrogen) atoms. The highest BCUT2D eigenvalue weighted by Gasteiger charge is 2.10. The van der Waals surface area contributed by atoms with Crippen molar-refractivity contribution in [1.29, 1.82) is 0 Å². The highest BCUT2D eigenvalue weighted by atomic mass is 19.1. The van der Waals surface area contributed by atoms with Gasteiger partial charge in [-0.15, -0.1) is 5.10 Å². The van der Waals surface area contributed by atoms with Crippen LogP contribution in [0.15, 0.2) is 35.0 Å². The van der Waals surface area contributed by atoms with Crippen LogP contribution in [0.3, 0.4) is 0 Å². The summed E-state index contributed by atoms with van der Waals surface area (Å²) in [5.74, 6) is 0.522. The van der Waals surface area contributed by atoms with Crippen molar-refractivity contribution < 1.29 is 8.91 Å². The third kappa shape index (κ3) is 3.11. The molecule has 0 saturated heterocycles. The Morgan fingerprint density at radius 3 is 2.86 bits per heavy atom. The van der Waals surface area contributed by atoms with Crippen molar-refractivity contribution >= 4 is 0 Å². The minimum Gasteiger partial charge on any atom is -0.334 e. The third-order valence-corrected chi connectivity index (χ3v) is 2.81. The summed E-state index contributed by atoms with van der Waals surface area (Å²) in [6, 6.07) is 5.88. The number of halogens is 1. The molecule has 1 aromatic carbocycles. The summed E-state index contributed by atoms with van der Waals surface area (Å²) in [5.41, 5.74) is 1.50. The van der Waals surface area contributed by atoms with E-state index in [0.717, 1.165) is 5.69 Å². The normalized spacial score (nSPS) is 11.0. The van der Waals surface area contributed by atoms with Gasteiger partial charge in [-0.05, 0) is 31.3 Å². The average Bonchev–Trinajstić information content (AvgIpc) is 3.11. The molecule has 3 rings (SSSR count). The molecule has 108 valence electrons. The standard InChI is InChI=1S/C13H13FN6O/c1-15-6-11-7-20(19-17-11)8-12-16-13(21-18-12)9-2-4-10(14)5-3-9/h2-5,7,15H,6,8H2,1H3. The Kier molecular flexibility index (Phi) is 3.69. The average molecular weight is 288 g/mol. The van der Waals surface area contributed by atoms with Crippen LogP contribution in [0.2, 0.25) is 0 Å². The molecule has 0 aliphatic heterocycles. The molecule has 0 atom stereocenters. The summed E-state index contributed by atoms with van der Waals surface area (Å²) in [6.45, 7) is 1.01. The van der Waals surface area contributed by atoms with Gasteiger partial charge in [-0.1, -0.05) is 10.4 Å². The largest absolute Gasteiger partial charge is 0.334 e. The van der Waals surface area contributed by atoms with Crippen LogP contribution in [0, 0.1) is 5.82 Å². The van der Waals surface area contributed by atoms with Crippen LogP contribution >= 0.6 is 0 Å². The summed E-state index contributed by atoms with van der Waals surface area (Å²) in [6.07, 6.45) is 1.81. The second-order valence-corrected chi connectivity index (χ2v) is 4.46. The molecule has 0 aliphatic carbocycles. The molecule has 0 bridgehead atoms.